The molecule has 2 heterocycles. The number of methoxy groups -OCH3 is 1. The fourth-order valence-electron chi connectivity index (χ4n) is 3.34. The summed E-state index contributed by atoms with van der Waals surface area (Å²) < 4.78 is 55.6. The number of hydrogen-bond donors (Lipinski definition) is 1. The van der Waals surface area contributed by atoms with Crippen LogP contribution in [0.1, 0.15) is 24.8 Å². The van der Waals surface area contributed by atoms with Gasteiger partial charge < -0.3 is 24.2 Å². The van der Waals surface area contributed by atoms with E-state index >= 15 is 0 Å². The Labute approximate surface area is 191 Å². The number of sulfone groups is 1. The highest BCUT2D eigenvalue weighted by atomic mass is 32.2. The van der Waals surface area contributed by atoms with Gasteiger partial charge >= 0.3 is 6.09 Å². The van der Waals surface area contributed by atoms with Gasteiger partial charge in [0.1, 0.15) is 12.4 Å². The summed E-state index contributed by atoms with van der Waals surface area (Å²) in [5.41, 5.74) is 0.439. The summed E-state index contributed by atoms with van der Waals surface area (Å²) in [6, 6.07) is 3.44. The van der Waals surface area contributed by atoms with Crippen molar-refractivity contribution < 1.29 is 36.9 Å². The first-order valence-electron chi connectivity index (χ1n) is 10.4. The van der Waals surface area contributed by atoms with E-state index < -0.39 is 21.7 Å². The van der Waals surface area contributed by atoms with Gasteiger partial charge in [-0.1, -0.05) is 0 Å². The predicted octanol–water partition coefficient (Wildman–Crippen LogP) is 3.05. The van der Waals surface area contributed by atoms with Crippen LogP contribution in [0.2, 0.25) is 0 Å². The minimum atomic E-state index is -3.65. The minimum absolute atomic E-state index is 0.0672. The largest absolute Gasteiger partial charge is 0.474 e. The van der Waals surface area contributed by atoms with E-state index in [1.54, 1.807) is 6.92 Å². The molecular weight excluding hydrogens is 457 g/mol. The molecule has 1 saturated heterocycles. The number of likely N-dealkylation sites (tertiary alicyclic amines) is 1. The van der Waals surface area contributed by atoms with Gasteiger partial charge in [-0.15, -0.1) is 0 Å². The molecule has 1 amide bonds. The summed E-state index contributed by atoms with van der Waals surface area (Å²) in [4.78, 5) is 20.4. The maximum absolute atomic E-state index is 14.6. The van der Waals surface area contributed by atoms with Crippen molar-refractivity contribution in [3.63, 3.8) is 0 Å². The lowest BCUT2D eigenvalue weighted by atomic mass is 10.1. The lowest BCUT2D eigenvalue weighted by molar-refractivity contribution is 0.0864. The molecule has 1 fully saturated rings. The normalized spacial score (nSPS) is 14.8. The van der Waals surface area contributed by atoms with Gasteiger partial charge in [0, 0.05) is 39.6 Å². The number of rotatable bonds is 9. The monoisotopic (exact) mass is 483 g/mol. The molecule has 0 radical (unpaired) electrons. The molecule has 1 aromatic heterocycles. The van der Waals surface area contributed by atoms with Crippen molar-refractivity contribution in [1.82, 2.24) is 14.9 Å². The summed E-state index contributed by atoms with van der Waals surface area (Å²) in [7, 11) is -2.17. The summed E-state index contributed by atoms with van der Waals surface area (Å²) in [6.45, 7) is 2.67. The zero-order chi connectivity index (χ0) is 24.0. The molecule has 2 aromatic rings. The zero-order valence-electron chi connectivity index (χ0n) is 18.4. The van der Waals surface area contributed by atoms with Gasteiger partial charge in [0.25, 0.3) is 0 Å². The van der Waals surface area contributed by atoms with Crippen molar-refractivity contribution in [3.8, 4) is 17.5 Å². The molecule has 1 N–H and O–H groups in total. The van der Waals surface area contributed by atoms with Crippen molar-refractivity contribution in [2.75, 3.05) is 32.6 Å². The number of ether oxygens (including phenoxy) is 3. The first-order valence-corrected chi connectivity index (χ1v) is 12.0. The second kappa shape index (κ2) is 10.8. The number of benzene rings is 1. The molecule has 1 aliphatic heterocycles. The number of carboxylic acid groups (broad SMARTS) is 1. The Balaban J connectivity index is 1.69. The standard InChI is InChI=1S/C21H26FN3O7S/c1-14-19(31-15-6-8-25(9-7-15)21(26)27)23-13-24-20(14)32-18-5-4-16(12-17(18)22)33(28,29)11-3-10-30-2/h4-5,12-13,15H,3,6-11H2,1-2H3,(H,26,27). The van der Waals surface area contributed by atoms with Crippen LogP contribution in [-0.2, 0) is 14.6 Å². The van der Waals surface area contributed by atoms with E-state index in [1.165, 1.54) is 30.5 Å². The van der Waals surface area contributed by atoms with Gasteiger partial charge in [0.05, 0.1) is 16.2 Å². The van der Waals surface area contributed by atoms with Crippen LogP contribution >= 0.6 is 0 Å². The van der Waals surface area contributed by atoms with Crippen LogP contribution in [0.25, 0.3) is 0 Å². The smallest absolute Gasteiger partial charge is 0.407 e. The van der Waals surface area contributed by atoms with Crippen LogP contribution < -0.4 is 9.47 Å². The van der Waals surface area contributed by atoms with E-state index in [1.807, 2.05) is 0 Å². The number of piperidine rings is 1. The maximum Gasteiger partial charge on any atom is 0.407 e. The molecule has 12 heteroatoms. The molecule has 0 atom stereocenters. The number of nitrogens with zero attached hydrogens (tertiary/aromatic N) is 3. The first-order chi connectivity index (χ1) is 15.7. The fourth-order valence-corrected chi connectivity index (χ4v) is 4.63. The zero-order valence-corrected chi connectivity index (χ0v) is 19.2. The Morgan fingerprint density at radius 3 is 2.58 bits per heavy atom. The number of hydrogen-bond acceptors (Lipinski definition) is 8. The average Bonchev–Trinajstić information content (AvgIpc) is 2.78. The molecule has 1 aliphatic rings. The van der Waals surface area contributed by atoms with Crippen LogP contribution in [0.5, 0.6) is 17.5 Å². The van der Waals surface area contributed by atoms with E-state index in [0.29, 0.717) is 44.5 Å². The van der Waals surface area contributed by atoms with Crippen LogP contribution in [0.4, 0.5) is 9.18 Å². The third-order valence-electron chi connectivity index (χ3n) is 5.21. The number of carbonyl (C=O) groups is 1. The lowest BCUT2D eigenvalue weighted by Gasteiger charge is -2.30. The van der Waals surface area contributed by atoms with Crippen molar-refractivity contribution in [2.24, 2.45) is 0 Å². The van der Waals surface area contributed by atoms with Crippen LogP contribution in [0.15, 0.2) is 29.4 Å². The van der Waals surface area contributed by atoms with E-state index in [4.69, 9.17) is 19.3 Å². The van der Waals surface area contributed by atoms with Crippen molar-refractivity contribution in [3.05, 3.63) is 35.9 Å². The minimum Gasteiger partial charge on any atom is -0.474 e. The summed E-state index contributed by atoms with van der Waals surface area (Å²) in [6.07, 6.45) is 1.37. The van der Waals surface area contributed by atoms with E-state index in [0.717, 1.165) is 6.07 Å². The Hall–Kier alpha value is -2.99. The predicted molar refractivity (Wildman–Crippen MR) is 115 cm³/mol. The Morgan fingerprint density at radius 1 is 1.24 bits per heavy atom. The molecule has 33 heavy (non-hydrogen) atoms. The van der Waals surface area contributed by atoms with E-state index in [9.17, 15) is 17.6 Å². The van der Waals surface area contributed by atoms with Gasteiger partial charge in [-0.05, 0) is 31.5 Å². The van der Waals surface area contributed by atoms with Crippen LogP contribution in [0.3, 0.4) is 0 Å². The van der Waals surface area contributed by atoms with Gasteiger partial charge in [0.2, 0.25) is 11.8 Å². The highest BCUT2D eigenvalue weighted by molar-refractivity contribution is 7.91. The Morgan fingerprint density at radius 2 is 1.94 bits per heavy atom. The summed E-state index contributed by atoms with van der Waals surface area (Å²) in [5, 5.41) is 9.05. The first kappa shape index (κ1) is 24.6. The third-order valence-corrected chi connectivity index (χ3v) is 7.01. The highest BCUT2D eigenvalue weighted by Crippen LogP contribution is 2.31. The molecule has 10 nitrogen and oxygen atoms in total. The molecular formula is C21H26FN3O7S. The third kappa shape index (κ3) is 6.29. The SMILES string of the molecule is COCCCS(=O)(=O)c1ccc(Oc2ncnc(OC3CCN(C(=O)O)CC3)c2C)c(F)c1. The summed E-state index contributed by atoms with van der Waals surface area (Å²) in [5.74, 6) is -0.862. The van der Waals surface area contributed by atoms with Crippen molar-refractivity contribution in [1.29, 1.82) is 0 Å². The topological polar surface area (TPSA) is 128 Å². The molecule has 0 unspecified atom stereocenters. The van der Waals surface area contributed by atoms with Gasteiger partial charge in [-0.25, -0.2) is 27.6 Å². The highest BCUT2D eigenvalue weighted by Gasteiger charge is 2.25. The summed E-state index contributed by atoms with van der Waals surface area (Å²) >= 11 is 0. The Bertz CT molecular complexity index is 1090. The Kier molecular flexibility index (Phi) is 8.03. The number of amides is 1. The molecule has 3 rings (SSSR count). The molecule has 180 valence electrons. The van der Waals surface area contributed by atoms with E-state index in [-0.39, 0.29) is 34.3 Å². The number of aromatic nitrogens is 2. The second-order valence-corrected chi connectivity index (χ2v) is 9.66. The molecule has 0 aliphatic carbocycles. The van der Waals surface area contributed by atoms with Crippen molar-refractivity contribution in [2.45, 2.75) is 37.2 Å². The molecule has 0 spiro atoms. The van der Waals surface area contributed by atoms with Gasteiger partial charge in [-0.3, -0.25) is 0 Å². The van der Waals surface area contributed by atoms with Gasteiger partial charge in [0.15, 0.2) is 21.4 Å². The lowest BCUT2D eigenvalue weighted by Crippen LogP contribution is -2.41. The second-order valence-electron chi connectivity index (χ2n) is 7.56. The molecule has 0 saturated carbocycles. The van der Waals surface area contributed by atoms with Crippen LogP contribution in [-0.4, -0.2) is 73.1 Å². The molecule has 1 aromatic carbocycles. The van der Waals surface area contributed by atoms with Crippen LogP contribution in [0, 0.1) is 12.7 Å². The van der Waals surface area contributed by atoms with Crippen molar-refractivity contribution >= 4 is 15.9 Å². The quantitative estimate of drug-likeness (QED) is 0.535. The molecule has 0 bridgehead atoms. The number of halogens is 1. The van der Waals surface area contributed by atoms with E-state index in [2.05, 4.69) is 9.97 Å². The van der Waals surface area contributed by atoms with Gasteiger partial charge in [-0.2, -0.15) is 0 Å². The fraction of sp³-hybridized carbons (Fsp3) is 0.476. The maximum atomic E-state index is 14.6. The average molecular weight is 484 g/mol.